The molecule has 8 nitrogen and oxygen atoms in total. The number of aliphatic hydroxyl groups is 1. The van der Waals surface area contributed by atoms with Gasteiger partial charge in [-0.15, -0.1) is 0 Å². The van der Waals surface area contributed by atoms with E-state index in [1.54, 1.807) is 0 Å². The van der Waals surface area contributed by atoms with E-state index in [1.807, 2.05) is 0 Å². The second-order valence-corrected chi connectivity index (χ2v) is 6.16. The zero-order valence-corrected chi connectivity index (χ0v) is 14.2. The first-order valence-corrected chi connectivity index (χ1v) is 7.90. The van der Waals surface area contributed by atoms with E-state index < -0.39 is 29.5 Å². The lowest BCUT2D eigenvalue weighted by atomic mass is 9.96. The van der Waals surface area contributed by atoms with Crippen LogP contribution in [0.1, 0.15) is 19.8 Å². The normalized spacial score (nSPS) is 26.0. The predicted molar refractivity (Wildman–Crippen MR) is 87.1 cm³/mol. The second kappa shape index (κ2) is 6.87. The van der Waals surface area contributed by atoms with Gasteiger partial charge >= 0.3 is 12.0 Å². The molecule has 2 N–H and O–H groups in total. The van der Waals surface area contributed by atoms with Gasteiger partial charge < -0.3 is 19.9 Å². The summed E-state index contributed by atoms with van der Waals surface area (Å²) in [7, 11) is 1.36. The van der Waals surface area contributed by atoms with Crippen LogP contribution in [0.25, 0.3) is 0 Å². The van der Waals surface area contributed by atoms with Crippen LogP contribution >= 0.6 is 0 Å². The molecule has 26 heavy (non-hydrogen) atoms. The highest BCUT2D eigenvalue weighted by Gasteiger charge is 2.32. The molecule has 0 saturated carbocycles. The van der Waals surface area contributed by atoms with E-state index in [2.05, 4.69) is 15.3 Å². The zero-order valence-electron chi connectivity index (χ0n) is 14.2. The summed E-state index contributed by atoms with van der Waals surface area (Å²) in [5.74, 6) is -1.34. The highest BCUT2D eigenvalue weighted by atomic mass is 19.1. The van der Waals surface area contributed by atoms with Crippen LogP contribution in [0.3, 0.4) is 0 Å². The Morgan fingerprint density at radius 1 is 1.46 bits per heavy atom. The van der Waals surface area contributed by atoms with Gasteiger partial charge in [-0.05, 0) is 13.0 Å². The lowest BCUT2D eigenvalue weighted by Crippen LogP contribution is -2.52. The Labute approximate surface area is 148 Å². The predicted octanol–water partition coefficient (Wildman–Crippen LogP) is 1.97. The largest absolute Gasteiger partial charge is 0.479 e. The molecule has 2 amide bonds. The lowest BCUT2D eigenvalue weighted by Gasteiger charge is -2.31. The number of carbonyl (C=O) groups excluding carboxylic acids is 1. The maximum atomic E-state index is 13.5. The van der Waals surface area contributed by atoms with E-state index in [0.29, 0.717) is 6.42 Å². The number of ether oxygens (including phenoxy) is 2. The molecule has 0 spiro atoms. The molecular weight excluding hydrogens is 350 g/mol. The summed E-state index contributed by atoms with van der Waals surface area (Å²) in [4.78, 5) is 21.4. The summed E-state index contributed by atoms with van der Waals surface area (Å²) < 4.78 is 37.8. The van der Waals surface area contributed by atoms with Crippen molar-refractivity contribution >= 4 is 11.7 Å². The Morgan fingerprint density at radius 2 is 2.23 bits per heavy atom. The van der Waals surface area contributed by atoms with Gasteiger partial charge in [-0.2, -0.15) is 4.98 Å². The lowest BCUT2D eigenvalue weighted by molar-refractivity contribution is 0.114. The van der Waals surface area contributed by atoms with E-state index >= 15 is 0 Å². The third-order valence-corrected chi connectivity index (χ3v) is 3.94. The molecule has 0 bridgehead atoms. The molecule has 140 valence electrons. The standard InChI is InChI=1S/C16H18F2N4O4/c1-16(6-9(17)5-10(18)7-16)26-14-19-8-11(13(21-14)25-2)22-4-3-12(23)20-15(22)24/h5-6,8,12,23H,3-4,7H2,1-2H3,(H,20,24). The molecular formula is C16H18F2N4O4. The van der Waals surface area contributed by atoms with Crippen molar-refractivity contribution in [1.29, 1.82) is 0 Å². The highest BCUT2D eigenvalue weighted by molar-refractivity contribution is 5.93. The van der Waals surface area contributed by atoms with Crippen LogP contribution in [-0.4, -0.2) is 46.6 Å². The van der Waals surface area contributed by atoms with E-state index in [9.17, 15) is 18.7 Å². The van der Waals surface area contributed by atoms with Crippen LogP contribution < -0.4 is 19.7 Å². The number of hydrogen-bond acceptors (Lipinski definition) is 6. The number of amides is 2. The van der Waals surface area contributed by atoms with Gasteiger partial charge in [0.15, 0.2) is 0 Å². The fourth-order valence-electron chi connectivity index (χ4n) is 2.80. The van der Waals surface area contributed by atoms with Crippen molar-refractivity contribution in [2.75, 3.05) is 18.6 Å². The number of aromatic nitrogens is 2. The summed E-state index contributed by atoms with van der Waals surface area (Å²) >= 11 is 0. The Morgan fingerprint density at radius 3 is 2.88 bits per heavy atom. The monoisotopic (exact) mass is 368 g/mol. The first kappa shape index (κ1) is 18.1. The van der Waals surface area contributed by atoms with E-state index in [4.69, 9.17) is 9.47 Å². The molecule has 1 fully saturated rings. The van der Waals surface area contributed by atoms with Gasteiger partial charge in [0.1, 0.15) is 29.2 Å². The van der Waals surface area contributed by atoms with E-state index in [1.165, 1.54) is 25.1 Å². The van der Waals surface area contributed by atoms with E-state index in [-0.39, 0.29) is 30.5 Å². The van der Waals surface area contributed by atoms with Crippen LogP contribution in [0, 0.1) is 0 Å². The Kier molecular flexibility index (Phi) is 4.77. The Bertz CT molecular complexity index is 786. The quantitative estimate of drug-likeness (QED) is 0.844. The number of methoxy groups -OCH3 is 1. The van der Waals surface area contributed by atoms with Crippen LogP contribution in [-0.2, 0) is 0 Å². The summed E-state index contributed by atoms with van der Waals surface area (Å²) in [6.07, 6.45) is 2.49. The Hall–Kier alpha value is -2.75. The fraction of sp³-hybridized carbons (Fsp3) is 0.438. The van der Waals surface area contributed by atoms with Crippen LogP contribution in [0.5, 0.6) is 11.9 Å². The number of halogens is 2. The van der Waals surface area contributed by atoms with Gasteiger partial charge in [-0.1, -0.05) is 0 Å². The maximum absolute atomic E-state index is 13.5. The molecule has 10 heteroatoms. The van der Waals surface area contributed by atoms with Gasteiger partial charge in [0, 0.05) is 25.5 Å². The SMILES string of the molecule is COc1nc(OC2(C)C=C(F)C=C(F)C2)ncc1N1CCC(O)NC1=O. The molecule has 1 aliphatic heterocycles. The zero-order chi connectivity index (χ0) is 18.9. The number of urea groups is 1. The first-order chi connectivity index (χ1) is 12.3. The molecule has 2 aliphatic rings. The maximum Gasteiger partial charge on any atom is 0.324 e. The van der Waals surface area contributed by atoms with Crippen LogP contribution in [0.15, 0.2) is 30.0 Å². The van der Waals surface area contributed by atoms with Gasteiger partial charge in [0.2, 0.25) is 5.88 Å². The molecule has 1 aromatic heterocycles. The molecule has 2 unspecified atom stereocenters. The van der Waals surface area contributed by atoms with Crippen LogP contribution in [0.2, 0.25) is 0 Å². The van der Waals surface area contributed by atoms with Gasteiger partial charge in [-0.3, -0.25) is 4.90 Å². The average Bonchev–Trinajstić information content (AvgIpc) is 2.53. The second-order valence-electron chi connectivity index (χ2n) is 6.16. The molecule has 2 heterocycles. The molecule has 0 radical (unpaired) electrons. The van der Waals surface area contributed by atoms with Crippen molar-refractivity contribution in [1.82, 2.24) is 15.3 Å². The summed E-state index contributed by atoms with van der Waals surface area (Å²) in [6.45, 7) is 1.75. The number of rotatable bonds is 4. The molecule has 1 saturated heterocycles. The van der Waals surface area contributed by atoms with Crippen molar-refractivity contribution < 1.29 is 28.2 Å². The molecule has 2 atom stereocenters. The minimum atomic E-state index is -1.29. The molecule has 1 aromatic rings. The number of nitrogens with zero attached hydrogens (tertiary/aromatic N) is 3. The minimum absolute atomic E-state index is 0.0569. The summed E-state index contributed by atoms with van der Waals surface area (Å²) in [6, 6.07) is -0.667. The Balaban J connectivity index is 1.83. The van der Waals surface area contributed by atoms with Crippen molar-refractivity contribution in [3.05, 3.63) is 30.0 Å². The smallest absolute Gasteiger partial charge is 0.324 e. The van der Waals surface area contributed by atoms with Crippen molar-refractivity contribution in [3.8, 4) is 11.9 Å². The average molecular weight is 368 g/mol. The topological polar surface area (TPSA) is 96.8 Å². The van der Waals surface area contributed by atoms with E-state index in [0.717, 1.165) is 12.2 Å². The number of nitrogens with one attached hydrogen (secondary N) is 1. The van der Waals surface area contributed by atoms with Crippen molar-refractivity contribution in [2.24, 2.45) is 0 Å². The molecule has 1 aliphatic carbocycles. The third kappa shape index (κ3) is 3.74. The fourth-order valence-corrected chi connectivity index (χ4v) is 2.80. The van der Waals surface area contributed by atoms with Crippen molar-refractivity contribution in [3.63, 3.8) is 0 Å². The van der Waals surface area contributed by atoms with Crippen molar-refractivity contribution in [2.45, 2.75) is 31.6 Å². The third-order valence-electron chi connectivity index (χ3n) is 3.94. The van der Waals surface area contributed by atoms with Gasteiger partial charge in [0.25, 0.3) is 0 Å². The summed E-state index contributed by atoms with van der Waals surface area (Å²) in [5, 5.41) is 11.8. The van der Waals surface area contributed by atoms with Gasteiger partial charge in [0.05, 0.1) is 13.3 Å². The van der Waals surface area contributed by atoms with Crippen LogP contribution in [0.4, 0.5) is 19.3 Å². The number of carbonyl (C=O) groups is 1. The number of aliphatic hydroxyl groups excluding tert-OH is 1. The van der Waals surface area contributed by atoms with Gasteiger partial charge in [-0.25, -0.2) is 18.6 Å². The summed E-state index contributed by atoms with van der Waals surface area (Å²) in [5.41, 5.74) is -1.01. The first-order valence-electron chi connectivity index (χ1n) is 7.90. The molecule has 0 aromatic carbocycles. The minimum Gasteiger partial charge on any atom is -0.479 e. The number of allylic oxidation sites excluding steroid dienone is 2. The molecule has 3 rings (SSSR count). The number of anilines is 1. The highest BCUT2D eigenvalue weighted by Crippen LogP contribution is 2.33. The number of hydrogen-bond donors (Lipinski definition) is 2.